The number of anilines is 1. The Morgan fingerprint density at radius 1 is 1.31 bits per heavy atom. The summed E-state index contributed by atoms with van der Waals surface area (Å²) in [5, 5.41) is 18.0. The van der Waals surface area contributed by atoms with Crippen molar-refractivity contribution in [1.29, 1.82) is 0 Å². The van der Waals surface area contributed by atoms with Crippen molar-refractivity contribution in [2.45, 2.75) is 40.8 Å². The minimum absolute atomic E-state index is 0.0426. The molecule has 0 saturated heterocycles. The van der Waals surface area contributed by atoms with Gasteiger partial charge in [-0.15, -0.1) is 0 Å². The van der Waals surface area contributed by atoms with Gasteiger partial charge in [0.2, 0.25) is 5.91 Å². The van der Waals surface area contributed by atoms with Gasteiger partial charge in [0, 0.05) is 12.2 Å². The number of carbonyl (C=O) groups excluding carboxylic acids is 1. The molecule has 0 aliphatic rings. The Hall–Kier alpha value is -2.74. The molecule has 2 aromatic rings. The smallest absolute Gasteiger partial charge is 0.312 e. The first-order valence-electron chi connectivity index (χ1n) is 8.65. The molecule has 0 aliphatic carbocycles. The number of nitrogens with zero attached hydrogens (tertiary/aromatic N) is 4. The molecule has 1 aromatic carbocycles. The van der Waals surface area contributed by atoms with E-state index in [1.807, 2.05) is 24.3 Å². The lowest BCUT2D eigenvalue weighted by Crippen LogP contribution is -2.22. The summed E-state index contributed by atoms with van der Waals surface area (Å²) in [6.45, 7) is 10.1. The van der Waals surface area contributed by atoms with E-state index >= 15 is 0 Å². The van der Waals surface area contributed by atoms with Crippen molar-refractivity contribution >= 4 is 17.3 Å². The van der Waals surface area contributed by atoms with Crippen LogP contribution in [0.25, 0.3) is 0 Å². The molecule has 0 atom stereocenters. The molecular formula is C18H25N5O3. The molecule has 2 rings (SSSR count). The third kappa shape index (κ3) is 4.66. The lowest BCUT2D eigenvalue weighted by Gasteiger charge is -2.18. The molecule has 8 nitrogen and oxygen atoms in total. The summed E-state index contributed by atoms with van der Waals surface area (Å²) < 4.78 is 1.36. The van der Waals surface area contributed by atoms with Crippen LogP contribution in [0.5, 0.6) is 0 Å². The molecule has 1 N–H and O–H groups in total. The van der Waals surface area contributed by atoms with E-state index in [9.17, 15) is 14.9 Å². The van der Waals surface area contributed by atoms with Gasteiger partial charge in [-0.2, -0.15) is 5.10 Å². The van der Waals surface area contributed by atoms with Gasteiger partial charge in [-0.3, -0.25) is 24.5 Å². The van der Waals surface area contributed by atoms with Crippen LogP contribution in [0.15, 0.2) is 24.3 Å². The van der Waals surface area contributed by atoms with E-state index in [0.717, 1.165) is 25.2 Å². The number of carbonyl (C=O) groups is 1. The third-order valence-electron chi connectivity index (χ3n) is 4.33. The molecule has 1 amide bonds. The minimum atomic E-state index is -0.469. The Balaban J connectivity index is 2.07. The first kappa shape index (κ1) is 19.6. The molecule has 0 spiro atoms. The Kier molecular flexibility index (Phi) is 6.46. The summed E-state index contributed by atoms with van der Waals surface area (Å²) in [7, 11) is 0. The van der Waals surface area contributed by atoms with Crippen LogP contribution in [0.3, 0.4) is 0 Å². The first-order chi connectivity index (χ1) is 12.3. The predicted molar refractivity (Wildman–Crippen MR) is 100 cm³/mol. The van der Waals surface area contributed by atoms with Gasteiger partial charge in [-0.05, 0) is 44.6 Å². The molecule has 1 heterocycles. The van der Waals surface area contributed by atoms with Crippen molar-refractivity contribution in [3.8, 4) is 0 Å². The number of hydrogen-bond donors (Lipinski definition) is 1. The maximum absolute atomic E-state index is 12.3. The fourth-order valence-electron chi connectivity index (χ4n) is 2.90. The molecule has 0 bridgehead atoms. The van der Waals surface area contributed by atoms with Crippen molar-refractivity contribution < 1.29 is 9.72 Å². The quantitative estimate of drug-likeness (QED) is 0.578. The van der Waals surface area contributed by atoms with Gasteiger partial charge >= 0.3 is 5.69 Å². The summed E-state index contributed by atoms with van der Waals surface area (Å²) in [6, 6.07) is 7.70. The normalized spacial score (nSPS) is 11.0. The zero-order valence-corrected chi connectivity index (χ0v) is 15.7. The van der Waals surface area contributed by atoms with Crippen LogP contribution < -0.4 is 5.32 Å². The second kappa shape index (κ2) is 8.57. The molecule has 0 fully saturated rings. The fraction of sp³-hybridized carbons (Fsp3) is 0.444. The molecular weight excluding hydrogens is 334 g/mol. The van der Waals surface area contributed by atoms with Crippen molar-refractivity contribution in [2.75, 3.05) is 18.4 Å². The molecule has 1 aromatic heterocycles. The largest absolute Gasteiger partial charge is 0.324 e. The summed E-state index contributed by atoms with van der Waals surface area (Å²) in [5.41, 5.74) is 2.46. The molecule has 0 aliphatic heterocycles. The van der Waals surface area contributed by atoms with E-state index in [0.29, 0.717) is 17.1 Å². The Bertz CT molecular complexity index is 796. The van der Waals surface area contributed by atoms with E-state index in [1.165, 1.54) is 4.68 Å². The van der Waals surface area contributed by atoms with Crippen LogP contribution in [0.4, 0.5) is 11.4 Å². The van der Waals surface area contributed by atoms with E-state index in [4.69, 9.17) is 0 Å². The predicted octanol–water partition coefficient (Wildman–Crippen LogP) is 2.89. The van der Waals surface area contributed by atoms with Crippen LogP contribution in [0.2, 0.25) is 0 Å². The average molecular weight is 359 g/mol. The first-order valence-corrected chi connectivity index (χ1v) is 8.65. The molecule has 140 valence electrons. The zero-order chi connectivity index (χ0) is 19.3. The summed E-state index contributed by atoms with van der Waals surface area (Å²) in [5.74, 6) is -0.273. The standard InChI is InChI=1S/C18H25N5O3/c1-5-21(6-2)11-15-8-7-9-16(10-15)19-17(24)12-22-14(4)18(23(25)26)13(3)20-22/h7-10H,5-6,11-12H2,1-4H3,(H,19,24). The number of benzene rings is 1. The van der Waals surface area contributed by atoms with Gasteiger partial charge in [-0.1, -0.05) is 26.0 Å². The molecule has 0 radical (unpaired) electrons. The van der Waals surface area contributed by atoms with Crippen molar-refractivity contribution in [1.82, 2.24) is 14.7 Å². The minimum Gasteiger partial charge on any atom is -0.324 e. The number of amides is 1. The SMILES string of the molecule is CCN(CC)Cc1cccc(NC(=O)Cn2nc(C)c([N+](=O)[O-])c2C)c1. The van der Waals surface area contributed by atoms with E-state index in [1.54, 1.807) is 13.8 Å². The van der Waals surface area contributed by atoms with E-state index in [-0.39, 0.29) is 18.1 Å². The number of aromatic nitrogens is 2. The number of aryl methyl sites for hydroxylation is 1. The van der Waals surface area contributed by atoms with Crippen LogP contribution in [0, 0.1) is 24.0 Å². The van der Waals surface area contributed by atoms with Gasteiger partial charge in [0.1, 0.15) is 17.9 Å². The van der Waals surface area contributed by atoms with E-state index in [2.05, 4.69) is 29.2 Å². The van der Waals surface area contributed by atoms with Gasteiger partial charge < -0.3 is 5.32 Å². The highest BCUT2D eigenvalue weighted by atomic mass is 16.6. The van der Waals surface area contributed by atoms with Crippen molar-refractivity contribution in [3.63, 3.8) is 0 Å². The monoisotopic (exact) mass is 359 g/mol. The number of nitrogens with one attached hydrogen (secondary N) is 1. The number of hydrogen-bond acceptors (Lipinski definition) is 5. The van der Waals surface area contributed by atoms with Crippen molar-refractivity contribution in [2.24, 2.45) is 0 Å². The second-order valence-electron chi connectivity index (χ2n) is 6.14. The highest BCUT2D eigenvalue weighted by Gasteiger charge is 2.22. The lowest BCUT2D eigenvalue weighted by molar-refractivity contribution is -0.386. The Morgan fingerprint density at radius 3 is 2.58 bits per heavy atom. The highest BCUT2D eigenvalue weighted by Crippen LogP contribution is 2.21. The van der Waals surface area contributed by atoms with Crippen LogP contribution in [-0.4, -0.2) is 38.6 Å². The Morgan fingerprint density at radius 2 is 2.00 bits per heavy atom. The van der Waals surface area contributed by atoms with Crippen LogP contribution in [-0.2, 0) is 17.9 Å². The van der Waals surface area contributed by atoms with Gasteiger partial charge in [-0.25, -0.2) is 0 Å². The van der Waals surface area contributed by atoms with Crippen LogP contribution in [0.1, 0.15) is 30.8 Å². The topological polar surface area (TPSA) is 93.3 Å². The summed E-state index contributed by atoms with van der Waals surface area (Å²) >= 11 is 0. The third-order valence-corrected chi connectivity index (χ3v) is 4.33. The molecule has 26 heavy (non-hydrogen) atoms. The van der Waals surface area contributed by atoms with Gasteiger partial charge in [0.15, 0.2) is 0 Å². The van der Waals surface area contributed by atoms with Gasteiger partial charge in [0.25, 0.3) is 0 Å². The average Bonchev–Trinajstić information content (AvgIpc) is 2.86. The number of nitro groups is 1. The van der Waals surface area contributed by atoms with Crippen LogP contribution >= 0.6 is 0 Å². The maximum Gasteiger partial charge on any atom is 0.312 e. The zero-order valence-electron chi connectivity index (χ0n) is 15.7. The van der Waals surface area contributed by atoms with Crippen molar-refractivity contribution in [3.05, 3.63) is 51.3 Å². The second-order valence-corrected chi connectivity index (χ2v) is 6.14. The fourth-order valence-corrected chi connectivity index (χ4v) is 2.90. The molecule has 8 heteroatoms. The highest BCUT2D eigenvalue weighted by molar-refractivity contribution is 5.90. The maximum atomic E-state index is 12.3. The Labute approximate surface area is 153 Å². The van der Waals surface area contributed by atoms with Gasteiger partial charge in [0.05, 0.1) is 4.92 Å². The summed E-state index contributed by atoms with van der Waals surface area (Å²) in [4.78, 5) is 25.2. The summed E-state index contributed by atoms with van der Waals surface area (Å²) in [6.07, 6.45) is 0. The van der Waals surface area contributed by atoms with E-state index < -0.39 is 4.92 Å². The molecule has 0 unspecified atom stereocenters. The lowest BCUT2D eigenvalue weighted by atomic mass is 10.2. The molecule has 0 saturated carbocycles. The number of rotatable bonds is 8.